The number of aliphatic carboxylic acids is 1. The number of ketones is 3. The van der Waals surface area contributed by atoms with E-state index in [1.165, 1.54) is 0 Å². The molecule has 6 atom stereocenters. The molecule has 4 aliphatic carbocycles. The lowest BCUT2D eigenvalue weighted by molar-refractivity contribution is -0.156. The van der Waals surface area contributed by atoms with Crippen molar-refractivity contribution in [3.05, 3.63) is 23.8 Å². The van der Waals surface area contributed by atoms with E-state index >= 15 is 0 Å². The number of carboxylic acids is 1. The summed E-state index contributed by atoms with van der Waals surface area (Å²) in [5.74, 6) is -2.45. The minimum atomic E-state index is -1.39. The van der Waals surface area contributed by atoms with Crippen LogP contribution in [0.15, 0.2) is 23.8 Å². The van der Waals surface area contributed by atoms with Crippen molar-refractivity contribution in [2.75, 3.05) is 0 Å². The van der Waals surface area contributed by atoms with E-state index < -0.39 is 28.5 Å². The zero-order valence-electron chi connectivity index (χ0n) is 15.2. The second-order valence-electron chi connectivity index (χ2n) is 8.92. The van der Waals surface area contributed by atoms with Gasteiger partial charge < -0.3 is 5.11 Å². The molecule has 0 aliphatic heterocycles. The van der Waals surface area contributed by atoms with Gasteiger partial charge in [0.2, 0.25) is 5.78 Å². The van der Waals surface area contributed by atoms with Gasteiger partial charge in [0.1, 0.15) is 5.78 Å². The number of rotatable bonds is 2. The van der Waals surface area contributed by atoms with Gasteiger partial charge in [-0.2, -0.15) is 0 Å². The van der Waals surface area contributed by atoms with E-state index in [0.717, 1.165) is 24.8 Å². The molecule has 0 amide bonds. The molecule has 5 heteroatoms. The Bertz CT molecular complexity index is 790. The Balaban J connectivity index is 1.72. The van der Waals surface area contributed by atoms with E-state index in [1.807, 2.05) is 19.9 Å². The third-order valence-electron chi connectivity index (χ3n) is 7.78. The lowest BCUT2D eigenvalue weighted by Gasteiger charge is -2.55. The normalized spacial score (nSPS) is 44.0. The van der Waals surface area contributed by atoms with Crippen LogP contribution in [0.3, 0.4) is 0 Å². The first-order valence-electron chi connectivity index (χ1n) is 9.42. The molecule has 0 unspecified atom stereocenters. The van der Waals surface area contributed by atoms with Crippen LogP contribution in [0.25, 0.3) is 0 Å². The molecular formula is C21H24O5. The van der Waals surface area contributed by atoms with Crippen molar-refractivity contribution in [3.8, 4) is 0 Å². The molecule has 0 saturated heterocycles. The Kier molecular flexibility index (Phi) is 3.66. The highest BCUT2D eigenvalue weighted by molar-refractivity contribution is 6.33. The molecule has 4 aliphatic rings. The highest BCUT2D eigenvalue weighted by Gasteiger charge is 2.63. The maximum Gasteiger partial charge on any atom is 0.372 e. The predicted octanol–water partition coefficient (Wildman–Crippen LogP) is 2.74. The highest BCUT2D eigenvalue weighted by atomic mass is 16.4. The van der Waals surface area contributed by atoms with E-state index in [2.05, 4.69) is 0 Å². The average Bonchev–Trinajstić information content (AvgIpc) is 2.90. The summed E-state index contributed by atoms with van der Waals surface area (Å²) in [6, 6.07) is 0. The Labute approximate surface area is 152 Å². The number of carbonyl (C=O) groups is 4. The fourth-order valence-electron chi connectivity index (χ4n) is 6.61. The number of allylic oxidation sites excluding steroid dienone is 4. The molecule has 3 saturated carbocycles. The first-order valence-corrected chi connectivity index (χ1v) is 9.42. The second-order valence-corrected chi connectivity index (χ2v) is 8.92. The SMILES string of the molecule is C[C@]12CC(=O)[C@H]3[C@@H](CCC4=CC(=O)C=C[C@@]43C)[C@@H]1CC[C@@H]2C(=O)C(=O)O. The summed E-state index contributed by atoms with van der Waals surface area (Å²) >= 11 is 0. The van der Waals surface area contributed by atoms with Crippen molar-refractivity contribution >= 4 is 23.3 Å². The summed E-state index contributed by atoms with van der Waals surface area (Å²) in [6.45, 7) is 3.99. The number of Topliss-reactive ketones (excluding diaryl/α,β-unsaturated/α-hetero) is 2. The van der Waals surface area contributed by atoms with Gasteiger partial charge >= 0.3 is 5.97 Å². The van der Waals surface area contributed by atoms with Crippen LogP contribution in [0.4, 0.5) is 0 Å². The Hall–Kier alpha value is -2.04. The number of hydrogen-bond acceptors (Lipinski definition) is 4. The van der Waals surface area contributed by atoms with Gasteiger partial charge in [0.05, 0.1) is 0 Å². The summed E-state index contributed by atoms with van der Waals surface area (Å²) in [4.78, 5) is 48.5. The first kappa shape index (κ1) is 17.4. The molecule has 5 nitrogen and oxygen atoms in total. The number of fused-ring (bicyclic) bond motifs is 5. The van der Waals surface area contributed by atoms with Crippen LogP contribution in [0.5, 0.6) is 0 Å². The van der Waals surface area contributed by atoms with Crippen LogP contribution in [-0.4, -0.2) is 28.4 Å². The lowest BCUT2D eigenvalue weighted by atomic mass is 9.47. The van der Waals surface area contributed by atoms with E-state index in [1.54, 1.807) is 12.2 Å². The molecule has 4 rings (SSSR count). The molecule has 26 heavy (non-hydrogen) atoms. The fourth-order valence-corrected chi connectivity index (χ4v) is 6.61. The Morgan fingerprint density at radius 1 is 1.15 bits per heavy atom. The Morgan fingerprint density at radius 2 is 1.88 bits per heavy atom. The van der Waals surface area contributed by atoms with Crippen LogP contribution in [-0.2, 0) is 19.2 Å². The monoisotopic (exact) mass is 356 g/mol. The standard InChI is InChI=1S/C21H24O5/c1-20-8-7-12(22)9-11(20)3-4-13-14-5-6-15(18(24)19(25)26)21(14,2)10-16(23)17(13)20/h7-9,13-15,17H,3-6,10H2,1-2H3,(H,25,26)/t13-,14-,15+,17+,20-,21-/m0/s1. The van der Waals surface area contributed by atoms with E-state index in [9.17, 15) is 24.3 Å². The summed E-state index contributed by atoms with van der Waals surface area (Å²) in [7, 11) is 0. The van der Waals surface area contributed by atoms with Gasteiger partial charge in [-0.15, -0.1) is 0 Å². The van der Waals surface area contributed by atoms with Crippen LogP contribution >= 0.6 is 0 Å². The molecule has 1 N–H and O–H groups in total. The molecule has 0 heterocycles. The predicted molar refractivity (Wildman–Crippen MR) is 93.1 cm³/mol. The quantitative estimate of drug-likeness (QED) is 0.769. The number of hydrogen-bond donors (Lipinski definition) is 1. The lowest BCUT2D eigenvalue weighted by Crippen LogP contribution is -2.55. The van der Waals surface area contributed by atoms with E-state index in [4.69, 9.17) is 0 Å². The largest absolute Gasteiger partial charge is 0.475 e. The van der Waals surface area contributed by atoms with Crippen molar-refractivity contribution in [1.29, 1.82) is 0 Å². The zero-order valence-corrected chi connectivity index (χ0v) is 15.2. The van der Waals surface area contributed by atoms with Crippen molar-refractivity contribution < 1.29 is 24.3 Å². The summed E-state index contributed by atoms with van der Waals surface area (Å²) < 4.78 is 0. The van der Waals surface area contributed by atoms with Gasteiger partial charge in [0.25, 0.3) is 0 Å². The molecular weight excluding hydrogens is 332 g/mol. The minimum Gasteiger partial charge on any atom is -0.475 e. The topological polar surface area (TPSA) is 88.5 Å². The van der Waals surface area contributed by atoms with Gasteiger partial charge in [-0.3, -0.25) is 14.4 Å². The van der Waals surface area contributed by atoms with Gasteiger partial charge in [0, 0.05) is 23.7 Å². The van der Waals surface area contributed by atoms with Crippen molar-refractivity contribution in [1.82, 2.24) is 0 Å². The minimum absolute atomic E-state index is 0.0167. The zero-order chi connectivity index (χ0) is 18.9. The average molecular weight is 356 g/mol. The summed E-state index contributed by atoms with van der Waals surface area (Å²) in [5.41, 5.74) is 0.0586. The van der Waals surface area contributed by atoms with Crippen LogP contribution in [0.2, 0.25) is 0 Å². The van der Waals surface area contributed by atoms with Gasteiger partial charge in [-0.1, -0.05) is 25.5 Å². The first-order chi connectivity index (χ1) is 12.2. The fraction of sp³-hybridized carbons (Fsp3) is 0.619. The number of carboxylic acid groups (broad SMARTS) is 1. The number of carbonyl (C=O) groups excluding carboxylic acids is 3. The Morgan fingerprint density at radius 3 is 2.58 bits per heavy atom. The maximum absolute atomic E-state index is 13.3. The maximum atomic E-state index is 13.3. The molecule has 3 fully saturated rings. The van der Waals surface area contributed by atoms with Gasteiger partial charge in [-0.25, -0.2) is 4.79 Å². The summed E-state index contributed by atoms with van der Waals surface area (Å²) in [5, 5.41) is 9.18. The van der Waals surface area contributed by atoms with Gasteiger partial charge in [0.15, 0.2) is 5.78 Å². The van der Waals surface area contributed by atoms with E-state index in [-0.39, 0.29) is 35.7 Å². The molecule has 138 valence electrons. The highest BCUT2D eigenvalue weighted by Crippen LogP contribution is 2.64. The summed E-state index contributed by atoms with van der Waals surface area (Å²) in [6.07, 6.45) is 8.37. The van der Waals surface area contributed by atoms with Crippen LogP contribution in [0, 0.1) is 34.5 Å². The van der Waals surface area contributed by atoms with Crippen molar-refractivity contribution in [2.45, 2.75) is 46.0 Å². The molecule has 0 aromatic heterocycles. The molecule has 0 bridgehead atoms. The van der Waals surface area contributed by atoms with Crippen LogP contribution in [0.1, 0.15) is 46.0 Å². The third-order valence-corrected chi connectivity index (χ3v) is 7.78. The van der Waals surface area contributed by atoms with Crippen molar-refractivity contribution in [2.24, 2.45) is 34.5 Å². The second kappa shape index (κ2) is 5.48. The molecule has 0 radical (unpaired) electrons. The van der Waals surface area contributed by atoms with E-state index in [0.29, 0.717) is 6.42 Å². The molecule has 0 aromatic rings. The third kappa shape index (κ3) is 2.15. The van der Waals surface area contributed by atoms with Crippen LogP contribution < -0.4 is 0 Å². The van der Waals surface area contributed by atoms with Crippen molar-refractivity contribution in [3.63, 3.8) is 0 Å². The molecule has 0 aromatic carbocycles. The smallest absolute Gasteiger partial charge is 0.372 e. The van der Waals surface area contributed by atoms with Gasteiger partial charge in [-0.05, 0) is 55.1 Å². The molecule has 0 spiro atoms.